The Bertz CT molecular complexity index is 664. The van der Waals surface area contributed by atoms with Crippen molar-refractivity contribution in [1.29, 1.82) is 0 Å². The number of benzene rings is 1. The Kier molecular flexibility index (Phi) is 5.74. The van der Waals surface area contributed by atoms with Crippen LogP contribution in [-0.2, 0) is 16.0 Å². The van der Waals surface area contributed by atoms with Crippen LogP contribution >= 0.6 is 0 Å². The van der Waals surface area contributed by atoms with E-state index < -0.39 is 5.91 Å². The highest BCUT2D eigenvalue weighted by Gasteiger charge is 2.11. The molecule has 1 aromatic carbocycles. The average Bonchev–Trinajstić information content (AvgIpc) is 2.92. The Labute approximate surface area is 134 Å². The van der Waals surface area contributed by atoms with Crippen molar-refractivity contribution < 1.29 is 18.8 Å². The largest absolute Gasteiger partial charge is 0.497 e. The summed E-state index contributed by atoms with van der Waals surface area (Å²) in [5.41, 5.74) is 1.08. The van der Waals surface area contributed by atoms with E-state index in [0.29, 0.717) is 24.5 Å². The molecular weight excluding hydrogens is 298 g/mol. The second-order valence-electron chi connectivity index (χ2n) is 5.00. The van der Waals surface area contributed by atoms with Crippen LogP contribution in [-0.4, -0.2) is 30.6 Å². The summed E-state index contributed by atoms with van der Waals surface area (Å²) in [6.07, 6.45) is 0.425. The van der Waals surface area contributed by atoms with Crippen molar-refractivity contribution in [3.63, 3.8) is 0 Å². The van der Waals surface area contributed by atoms with E-state index in [1.165, 1.54) is 0 Å². The summed E-state index contributed by atoms with van der Waals surface area (Å²) in [7, 11) is 1.61. The fourth-order valence-corrected chi connectivity index (χ4v) is 1.96. The maximum Gasteiger partial charge on any atom is 0.235 e. The van der Waals surface area contributed by atoms with Gasteiger partial charge in [0.15, 0.2) is 5.82 Å². The van der Waals surface area contributed by atoms with Gasteiger partial charge in [0.05, 0.1) is 7.11 Å². The molecule has 2 rings (SSSR count). The third-order valence-corrected chi connectivity index (χ3v) is 3.11. The molecule has 2 N–H and O–H groups in total. The quantitative estimate of drug-likeness (QED) is 0.758. The van der Waals surface area contributed by atoms with Crippen molar-refractivity contribution in [2.45, 2.75) is 19.8 Å². The lowest BCUT2D eigenvalue weighted by Crippen LogP contribution is -2.29. The van der Waals surface area contributed by atoms with Crippen LogP contribution < -0.4 is 15.4 Å². The molecule has 0 aliphatic carbocycles. The fraction of sp³-hybridized carbons (Fsp3) is 0.312. The van der Waals surface area contributed by atoms with Gasteiger partial charge < -0.3 is 19.9 Å². The fourth-order valence-electron chi connectivity index (χ4n) is 1.96. The van der Waals surface area contributed by atoms with E-state index in [2.05, 4.69) is 15.8 Å². The standard InChI is InChI=1S/C16H19N3O4/c1-11-9-14(19-23-11)18-16(21)10-15(20)17-8-7-12-3-5-13(22-2)6-4-12/h3-6,9H,7-8,10H2,1-2H3,(H,17,20)(H,18,19,21). The van der Waals surface area contributed by atoms with Crippen LogP contribution in [0, 0.1) is 6.92 Å². The summed E-state index contributed by atoms with van der Waals surface area (Å²) in [6.45, 7) is 2.18. The topological polar surface area (TPSA) is 93.5 Å². The highest BCUT2D eigenvalue weighted by Crippen LogP contribution is 2.11. The maximum atomic E-state index is 11.7. The number of hydrogen-bond acceptors (Lipinski definition) is 5. The molecule has 0 aliphatic heterocycles. The number of aromatic nitrogens is 1. The van der Waals surface area contributed by atoms with Gasteiger partial charge in [0.2, 0.25) is 11.8 Å². The van der Waals surface area contributed by atoms with Gasteiger partial charge >= 0.3 is 0 Å². The van der Waals surface area contributed by atoms with Gasteiger partial charge in [0.25, 0.3) is 0 Å². The molecule has 23 heavy (non-hydrogen) atoms. The Morgan fingerprint density at radius 2 is 1.96 bits per heavy atom. The molecule has 1 aromatic heterocycles. The van der Waals surface area contributed by atoms with Crippen LogP contribution in [0.15, 0.2) is 34.9 Å². The van der Waals surface area contributed by atoms with E-state index in [9.17, 15) is 9.59 Å². The Morgan fingerprint density at radius 1 is 1.22 bits per heavy atom. The van der Waals surface area contributed by atoms with E-state index in [0.717, 1.165) is 11.3 Å². The van der Waals surface area contributed by atoms with E-state index in [-0.39, 0.29) is 12.3 Å². The van der Waals surface area contributed by atoms with E-state index >= 15 is 0 Å². The molecule has 2 amide bonds. The minimum Gasteiger partial charge on any atom is -0.497 e. The molecule has 0 saturated heterocycles. The van der Waals surface area contributed by atoms with Crippen LogP contribution in [0.4, 0.5) is 5.82 Å². The van der Waals surface area contributed by atoms with Crippen LogP contribution in [0.3, 0.4) is 0 Å². The van der Waals surface area contributed by atoms with Crippen molar-refractivity contribution in [2.75, 3.05) is 19.0 Å². The van der Waals surface area contributed by atoms with Crippen molar-refractivity contribution in [2.24, 2.45) is 0 Å². The van der Waals surface area contributed by atoms with Crippen molar-refractivity contribution in [3.8, 4) is 5.75 Å². The number of nitrogens with zero attached hydrogens (tertiary/aromatic N) is 1. The molecule has 0 bridgehead atoms. The van der Waals surface area contributed by atoms with Gasteiger partial charge in [-0.1, -0.05) is 17.3 Å². The van der Waals surface area contributed by atoms with Crippen LogP contribution in [0.2, 0.25) is 0 Å². The first-order valence-electron chi connectivity index (χ1n) is 7.19. The summed E-state index contributed by atoms with van der Waals surface area (Å²) >= 11 is 0. The molecular formula is C16H19N3O4. The number of anilines is 1. The molecule has 7 heteroatoms. The smallest absolute Gasteiger partial charge is 0.235 e. The lowest BCUT2D eigenvalue weighted by atomic mass is 10.1. The molecule has 2 aromatic rings. The summed E-state index contributed by atoms with van der Waals surface area (Å²) < 4.78 is 9.91. The Morgan fingerprint density at radius 3 is 2.57 bits per heavy atom. The minimum absolute atomic E-state index is 0.255. The highest BCUT2D eigenvalue weighted by atomic mass is 16.5. The third kappa shape index (κ3) is 5.46. The van der Waals surface area contributed by atoms with Gasteiger partial charge in [-0.05, 0) is 31.0 Å². The molecule has 0 spiro atoms. The van der Waals surface area contributed by atoms with Gasteiger partial charge in [-0.3, -0.25) is 9.59 Å². The Hall–Kier alpha value is -2.83. The SMILES string of the molecule is COc1ccc(CCNC(=O)CC(=O)Nc2cc(C)on2)cc1. The van der Waals surface area contributed by atoms with Gasteiger partial charge in [-0.2, -0.15) is 0 Å². The molecule has 1 heterocycles. The van der Waals surface area contributed by atoms with Crippen LogP contribution in [0.1, 0.15) is 17.7 Å². The van der Waals surface area contributed by atoms with Crippen molar-refractivity contribution in [1.82, 2.24) is 10.5 Å². The number of aryl methyl sites for hydroxylation is 1. The predicted octanol–water partition coefficient (Wildman–Crippen LogP) is 1.68. The normalized spacial score (nSPS) is 10.2. The van der Waals surface area contributed by atoms with Crippen molar-refractivity contribution in [3.05, 3.63) is 41.7 Å². The molecule has 0 aliphatic rings. The molecule has 0 atom stereocenters. The first-order chi connectivity index (χ1) is 11.1. The monoisotopic (exact) mass is 317 g/mol. The average molecular weight is 317 g/mol. The third-order valence-electron chi connectivity index (χ3n) is 3.11. The minimum atomic E-state index is -0.430. The molecule has 122 valence electrons. The highest BCUT2D eigenvalue weighted by molar-refractivity contribution is 6.03. The molecule has 0 unspecified atom stereocenters. The van der Waals surface area contributed by atoms with E-state index in [4.69, 9.17) is 9.26 Å². The van der Waals surface area contributed by atoms with E-state index in [1.54, 1.807) is 20.1 Å². The van der Waals surface area contributed by atoms with Gasteiger partial charge in [-0.15, -0.1) is 0 Å². The lowest BCUT2D eigenvalue weighted by Gasteiger charge is -2.06. The number of methoxy groups -OCH3 is 1. The van der Waals surface area contributed by atoms with Gasteiger partial charge in [0, 0.05) is 12.6 Å². The number of hydrogen-bond donors (Lipinski definition) is 2. The number of ether oxygens (including phenoxy) is 1. The zero-order chi connectivity index (χ0) is 16.7. The molecule has 0 fully saturated rings. The lowest BCUT2D eigenvalue weighted by molar-refractivity contribution is -0.126. The van der Waals surface area contributed by atoms with Crippen LogP contribution in [0.5, 0.6) is 5.75 Å². The number of nitrogens with one attached hydrogen (secondary N) is 2. The molecule has 0 radical (unpaired) electrons. The predicted molar refractivity (Wildman–Crippen MR) is 84.2 cm³/mol. The zero-order valence-electron chi connectivity index (χ0n) is 13.1. The molecule has 7 nitrogen and oxygen atoms in total. The van der Waals surface area contributed by atoms with Crippen LogP contribution in [0.25, 0.3) is 0 Å². The number of carbonyl (C=O) groups excluding carboxylic acids is 2. The number of carbonyl (C=O) groups is 2. The Balaban J connectivity index is 1.68. The second-order valence-corrected chi connectivity index (χ2v) is 5.00. The number of amides is 2. The molecule has 0 saturated carbocycles. The zero-order valence-corrected chi connectivity index (χ0v) is 13.1. The summed E-state index contributed by atoms with van der Waals surface area (Å²) in [5, 5.41) is 8.83. The summed E-state index contributed by atoms with van der Waals surface area (Å²) in [5.74, 6) is 0.914. The van der Waals surface area contributed by atoms with Crippen molar-refractivity contribution >= 4 is 17.6 Å². The maximum absolute atomic E-state index is 11.7. The first-order valence-corrected chi connectivity index (χ1v) is 7.19. The second kappa shape index (κ2) is 7.98. The summed E-state index contributed by atoms with van der Waals surface area (Å²) in [4.78, 5) is 23.4. The first kappa shape index (κ1) is 16.5. The van der Waals surface area contributed by atoms with Gasteiger partial charge in [0.1, 0.15) is 17.9 Å². The summed E-state index contributed by atoms with van der Waals surface area (Å²) in [6, 6.07) is 9.18. The number of rotatable bonds is 7. The van der Waals surface area contributed by atoms with Gasteiger partial charge in [-0.25, -0.2) is 0 Å². The van der Waals surface area contributed by atoms with E-state index in [1.807, 2.05) is 24.3 Å².